The van der Waals surface area contributed by atoms with Gasteiger partial charge >= 0.3 is 5.97 Å². The van der Waals surface area contributed by atoms with Crippen LogP contribution in [0, 0.1) is 0 Å². The Morgan fingerprint density at radius 3 is 2.43 bits per heavy atom. The molecule has 0 aromatic heterocycles. The van der Waals surface area contributed by atoms with Crippen molar-refractivity contribution in [2.45, 2.75) is 26.2 Å². The Kier molecular flexibility index (Phi) is 4.17. The van der Waals surface area contributed by atoms with Crippen LogP contribution in [0.5, 0.6) is 0 Å². The molecule has 0 heterocycles. The standard InChI is InChI=1S/C12H16O2/c1-3-4-5-10-6-8-11(9-7-10)12(13)14-2/h6-9H,3-5H2,1-2H3. The van der Waals surface area contributed by atoms with Gasteiger partial charge in [0.05, 0.1) is 12.7 Å². The highest BCUT2D eigenvalue weighted by Crippen LogP contribution is 2.08. The highest BCUT2D eigenvalue weighted by molar-refractivity contribution is 5.89. The van der Waals surface area contributed by atoms with Gasteiger partial charge in [-0.1, -0.05) is 25.5 Å². The minimum absolute atomic E-state index is 0.271. The molecule has 2 nitrogen and oxygen atoms in total. The van der Waals surface area contributed by atoms with Crippen molar-refractivity contribution in [3.63, 3.8) is 0 Å². The molecule has 1 aromatic carbocycles. The molecule has 0 unspecified atom stereocenters. The van der Waals surface area contributed by atoms with Gasteiger partial charge in [0.15, 0.2) is 0 Å². The highest BCUT2D eigenvalue weighted by Gasteiger charge is 2.03. The first kappa shape index (κ1) is 10.8. The quantitative estimate of drug-likeness (QED) is 0.686. The second-order valence-corrected chi connectivity index (χ2v) is 3.29. The summed E-state index contributed by atoms with van der Waals surface area (Å²) in [5.74, 6) is -0.271. The molecule has 0 saturated heterocycles. The first-order valence-electron chi connectivity index (χ1n) is 4.95. The van der Waals surface area contributed by atoms with E-state index in [9.17, 15) is 4.79 Å². The lowest BCUT2D eigenvalue weighted by Gasteiger charge is -2.01. The van der Waals surface area contributed by atoms with E-state index in [2.05, 4.69) is 11.7 Å². The van der Waals surface area contributed by atoms with Crippen LogP contribution in [0.15, 0.2) is 24.3 Å². The van der Waals surface area contributed by atoms with Gasteiger partial charge in [0.1, 0.15) is 0 Å². The maximum Gasteiger partial charge on any atom is 0.337 e. The van der Waals surface area contributed by atoms with Crippen molar-refractivity contribution in [3.8, 4) is 0 Å². The number of carbonyl (C=O) groups excluding carboxylic acids is 1. The lowest BCUT2D eigenvalue weighted by atomic mass is 10.1. The Labute approximate surface area is 84.9 Å². The fourth-order valence-corrected chi connectivity index (χ4v) is 1.31. The fraction of sp³-hybridized carbons (Fsp3) is 0.417. The molecule has 0 bridgehead atoms. The van der Waals surface area contributed by atoms with Gasteiger partial charge in [-0.2, -0.15) is 0 Å². The zero-order chi connectivity index (χ0) is 10.4. The van der Waals surface area contributed by atoms with E-state index < -0.39 is 0 Å². The summed E-state index contributed by atoms with van der Waals surface area (Å²) in [5.41, 5.74) is 1.90. The molecule has 0 aliphatic carbocycles. The number of methoxy groups -OCH3 is 1. The van der Waals surface area contributed by atoms with Crippen molar-refractivity contribution >= 4 is 5.97 Å². The highest BCUT2D eigenvalue weighted by atomic mass is 16.5. The molecule has 0 atom stereocenters. The smallest absolute Gasteiger partial charge is 0.337 e. The molecule has 0 saturated carbocycles. The van der Waals surface area contributed by atoms with E-state index in [-0.39, 0.29) is 5.97 Å². The third kappa shape index (κ3) is 2.87. The summed E-state index contributed by atoms with van der Waals surface area (Å²) >= 11 is 0. The summed E-state index contributed by atoms with van der Waals surface area (Å²) in [5, 5.41) is 0. The molecule has 0 aliphatic rings. The summed E-state index contributed by atoms with van der Waals surface area (Å²) in [6.07, 6.45) is 3.47. The number of ether oxygens (including phenoxy) is 1. The Morgan fingerprint density at radius 1 is 1.29 bits per heavy atom. The van der Waals surface area contributed by atoms with Gasteiger partial charge in [-0.15, -0.1) is 0 Å². The van der Waals surface area contributed by atoms with Crippen LogP contribution in [0.1, 0.15) is 35.7 Å². The van der Waals surface area contributed by atoms with Gasteiger partial charge in [0, 0.05) is 0 Å². The normalized spacial score (nSPS) is 9.86. The van der Waals surface area contributed by atoms with Crippen LogP contribution in [0.25, 0.3) is 0 Å². The number of hydrogen-bond acceptors (Lipinski definition) is 2. The predicted octanol–water partition coefficient (Wildman–Crippen LogP) is 2.82. The van der Waals surface area contributed by atoms with E-state index >= 15 is 0 Å². The number of rotatable bonds is 4. The Bertz CT molecular complexity index is 288. The first-order valence-corrected chi connectivity index (χ1v) is 4.95. The van der Waals surface area contributed by atoms with Crippen LogP contribution in [-0.2, 0) is 11.2 Å². The number of esters is 1. The molecule has 0 radical (unpaired) electrons. The van der Waals surface area contributed by atoms with Gasteiger partial charge in [-0.3, -0.25) is 0 Å². The number of carbonyl (C=O) groups is 1. The maximum absolute atomic E-state index is 11.1. The molecule has 0 spiro atoms. The Balaban J connectivity index is 2.63. The van der Waals surface area contributed by atoms with Gasteiger partial charge in [0.25, 0.3) is 0 Å². The summed E-state index contributed by atoms with van der Waals surface area (Å²) in [6, 6.07) is 7.61. The van der Waals surface area contributed by atoms with Crippen LogP contribution in [0.4, 0.5) is 0 Å². The van der Waals surface area contributed by atoms with E-state index in [4.69, 9.17) is 0 Å². The van der Waals surface area contributed by atoms with Crippen molar-refractivity contribution in [3.05, 3.63) is 35.4 Å². The number of aryl methyl sites for hydroxylation is 1. The number of unbranched alkanes of at least 4 members (excludes halogenated alkanes) is 1. The monoisotopic (exact) mass is 192 g/mol. The molecular weight excluding hydrogens is 176 g/mol. The molecular formula is C12H16O2. The van der Waals surface area contributed by atoms with Crippen molar-refractivity contribution in [2.24, 2.45) is 0 Å². The maximum atomic E-state index is 11.1. The van der Waals surface area contributed by atoms with Crippen molar-refractivity contribution in [2.75, 3.05) is 7.11 Å². The molecule has 76 valence electrons. The Hall–Kier alpha value is -1.31. The summed E-state index contributed by atoms with van der Waals surface area (Å²) in [4.78, 5) is 11.1. The lowest BCUT2D eigenvalue weighted by Crippen LogP contribution is -2.00. The van der Waals surface area contributed by atoms with Gasteiger partial charge < -0.3 is 4.74 Å². The van der Waals surface area contributed by atoms with Crippen LogP contribution < -0.4 is 0 Å². The van der Waals surface area contributed by atoms with Crippen molar-refractivity contribution in [1.82, 2.24) is 0 Å². The van der Waals surface area contributed by atoms with Crippen LogP contribution in [0.2, 0.25) is 0 Å². The summed E-state index contributed by atoms with van der Waals surface area (Å²) in [7, 11) is 1.40. The van der Waals surface area contributed by atoms with Gasteiger partial charge in [-0.25, -0.2) is 4.79 Å². The second kappa shape index (κ2) is 5.43. The largest absolute Gasteiger partial charge is 0.465 e. The molecule has 1 aromatic rings. The van der Waals surface area contributed by atoms with E-state index in [1.807, 2.05) is 24.3 Å². The predicted molar refractivity (Wildman–Crippen MR) is 56.4 cm³/mol. The lowest BCUT2D eigenvalue weighted by molar-refractivity contribution is 0.0600. The first-order chi connectivity index (χ1) is 6.77. The van der Waals surface area contributed by atoms with Crippen LogP contribution >= 0.6 is 0 Å². The topological polar surface area (TPSA) is 26.3 Å². The van der Waals surface area contributed by atoms with Crippen LogP contribution in [0.3, 0.4) is 0 Å². The summed E-state index contributed by atoms with van der Waals surface area (Å²) in [6.45, 7) is 2.17. The third-order valence-electron chi connectivity index (χ3n) is 2.19. The van der Waals surface area contributed by atoms with E-state index in [0.717, 1.165) is 6.42 Å². The zero-order valence-corrected chi connectivity index (χ0v) is 8.75. The van der Waals surface area contributed by atoms with Gasteiger partial charge in [-0.05, 0) is 30.5 Å². The molecule has 0 aliphatic heterocycles. The zero-order valence-electron chi connectivity index (χ0n) is 8.75. The van der Waals surface area contributed by atoms with Gasteiger partial charge in [0.2, 0.25) is 0 Å². The van der Waals surface area contributed by atoms with E-state index in [0.29, 0.717) is 5.56 Å². The molecule has 0 fully saturated rings. The van der Waals surface area contributed by atoms with E-state index in [1.54, 1.807) is 0 Å². The number of hydrogen-bond donors (Lipinski definition) is 0. The van der Waals surface area contributed by atoms with E-state index in [1.165, 1.54) is 25.5 Å². The molecule has 1 rings (SSSR count). The third-order valence-corrected chi connectivity index (χ3v) is 2.19. The fourth-order valence-electron chi connectivity index (χ4n) is 1.31. The number of benzene rings is 1. The van der Waals surface area contributed by atoms with Crippen molar-refractivity contribution in [1.29, 1.82) is 0 Å². The summed E-state index contributed by atoms with van der Waals surface area (Å²) < 4.78 is 4.62. The minimum Gasteiger partial charge on any atom is -0.465 e. The minimum atomic E-state index is -0.271. The average Bonchev–Trinajstić information content (AvgIpc) is 2.26. The Morgan fingerprint density at radius 2 is 1.93 bits per heavy atom. The molecule has 14 heavy (non-hydrogen) atoms. The van der Waals surface area contributed by atoms with Crippen molar-refractivity contribution < 1.29 is 9.53 Å². The molecule has 0 amide bonds. The van der Waals surface area contributed by atoms with Crippen LogP contribution in [-0.4, -0.2) is 13.1 Å². The average molecular weight is 192 g/mol. The second-order valence-electron chi connectivity index (χ2n) is 3.29. The SMILES string of the molecule is CCCCc1ccc(C(=O)OC)cc1. The molecule has 2 heteroatoms. The molecule has 0 N–H and O–H groups in total.